The Labute approximate surface area is 187 Å². The van der Waals surface area contributed by atoms with Crippen molar-refractivity contribution in [3.63, 3.8) is 0 Å². The van der Waals surface area contributed by atoms with Crippen LogP contribution >= 0.6 is 0 Å². The monoisotopic (exact) mass is 412 g/mol. The highest BCUT2D eigenvalue weighted by atomic mass is 16.3. The van der Waals surface area contributed by atoms with Crippen LogP contribution in [0.15, 0.2) is 47.6 Å². The summed E-state index contributed by atoms with van der Waals surface area (Å²) in [6.07, 6.45) is 17.0. The summed E-state index contributed by atoms with van der Waals surface area (Å²) in [5, 5.41) is 10.1. The van der Waals surface area contributed by atoms with Gasteiger partial charge >= 0.3 is 0 Å². The molecule has 0 heterocycles. The summed E-state index contributed by atoms with van der Waals surface area (Å²) in [6, 6.07) is 0. The number of hydrogen-bond acceptors (Lipinski definition) is 1. The lowest BCUT2D eigenvalue weighted by molar-refractivity contribution is 0.158. The van der Waals surface area contributed by atoms with Crippen molar-refractivity contribution in [1.29, 1.82) is 0 Å². The Kier molecular flexibility index (Phi) is 9.22. The zero-order valence-corrected chi connectivity index (χ0v) is 20.9. The van der Waals surface area contributed by atoms with E-state index in [-0.39, 0.29) is 6.10 Å². The van der Waals surface area contributed by atoms with Crippen LogP contribution in [0.4, 0.5) is 0 Å². The van der Waals surface area contributed by atoms with Crippen molar-refractivity contribution in [2.24, 2.45) is 35.0 Å². The Balaban J connectivity index is 2.20. The molecule has 2 fully saturated rings. The minimum atomic E-state index is -0.196. The van der Waals surface area contributed by atoms with E-state index < -0.39 is 0 Å². The molecule has 170 valence electrons. The maximum absolute atomic E-state index is 10.1. The zero-order valence-electron chi connectivity index (χ0n) is 20.9. The van der Waals surface area contributed by atoms with Gasteiger partial charge in [0.05, 0.1) is 6.10 Å². The van der Waals surface area contributed by atoms with E-state index in [0.29, 0.717) is 29.1 Å². The van der Waals surface area contributed by atoms with Gasteiger partial charge in [-0.3, -0.25) is 0 Å². The fourth-order valence-electron chi connectivity index (χ4n) is 5.72. The van der Waals surface area contributed by atoms with Crippen molar-refractivity contribution in [3.05, 3.63) is 47.6 Å². The van der Waals surface area contributed by atoms with Gasteiger partial charge in [-0.05, 0) is 79.1 Å². The molecular weight excluding hydrogens is 364 g/mol. The SMILES string of the molecule is C=C1CC[C@H](O)C/C1=C/C=C(\CCC)[C@@H]1CC[C@H]([C@H](C)/C=C/[C@H](C)C(C)C)C1(C)C. The van der Waals surface area contributed by atoms with Gasteiger partial charge in [0.15, 0.2) is 0 Å². The molecule has 2 aliphatic rings. The lowest BCUT2D eigenvalue weighted by Gasteiger charge is -2.37. The van der Waals surface area contributed by atoms with Crippen LogP contribution in [0, 0.1) is 35.0 Å². The van der Waals surface area contributed by atoms with Gasteiger partial charge in [-0.1, -0.05) is 96.9 Å². The Bertz CT molecular complexity index is 660. The lowest BCUT2D eigenvalue weighted by atomic mass is 9.68. The maximum atomic E-state index is 10.1. The zero-order chi connectivity index (χ0) is 22.5. The molecule has 0 unspecified atom stereocenters. The molecule has 30 heavy (non-hydrogen) atoms. The van der Waals surface area contributed by atoms with E-state index in [9.17, 15) is 5.11 Å². The van der Waals surface area contributed by atoms with Gasteiger partial charge in [0, 0.05) is 0 Å². The molecule has 1 nitrogen and oxygen atoms in total. The molecule has 1 heteroatoms. The molecule has 0 radical (unpaired) electrons. The van der Waals surface area contributed by atoms with Crippen molar-refractivity contribution in [2.45, 2.75) is 99.5 Å². The second-order valence-electron chi connectivity index (χ2n) is 11.1. The van der Waals surface area contributed by atoms with Gasteiger partial charge in [-0.25, -0.2) is 0 Å². The number of allylic oxidation sites excluding steroid dienone is 6. The summed E-state index contributed by atoms with van der Waals surface area (Å²) in [7, 11) is 0. The molecule has 2 rings (SSSR count). The van der Waals surface area contributed by atoms with E-state index in [1.54, 1.807) is 5.57 Å². The fourth-order valence-corrected chi connectivity index (χ4v) is 5.72. The number of aliphatic hydroxyl groups excluding tert-OH is 1. The first-order valence-electron chi connectivity index (χ1n) is 12.5. The average Bonchev–Trinajstić information content (AvgIpc) is 2.99. The lowest BCUT2D eigenvalue weighted by Crippen LogP contribution is -2.30. The highest BCUT2D eigenvalue weighted by Gasteiger charge is 2.45. The predicted molar refractivity (Wildman–Crippen MR) is 132 cm³/mol. The molecule has 2 saturated carbocycles. The van der Waals surface area contributed by atoms with Gasteiger partial charge in [-0.15, -0.1) is 0 Å². The Morgan fingerprint density at radius 1 is 1.13 bits per heavy atom. The molecule has 5 atom stereocenters. The Morgan fingerprint density at radius 2 is 1.83 bits per heavy atom. The van der Waals surface area contributed by atoms with Crippen LogP contribution in [0.2, 0.25) is 0 Å². The maximum Gasteiger partial charge on any atom is 0.0583 e. The van der Waals surface area contributed by atoms with Crippen LogP contribution in [0.3, 0.4) is 0 Å². The van der Waals surface area contributed by atoms with Crippen LogP contribution in [-0.4, -0.2) is 11.2 Å². The first-order chi connectivity index (χ1) is 14.1. The second-order valence-corrected chi connectivity index (χ2v) is 11.1. The van der Waals surface area contributed by atoms with Gasteiger partial charge in [0.2, 0.25) is 0 Å². The van der Waals surface area contributed by atoms with Gasteiger partial charge < -0.3 is 5.11 Å². The standard InChI is InChI=1S/C29H48O/c1-9-10-24(14-15-25-19-26(30)16-13-22(25)5)28-18-17-27(29(28,7)8)23(6)12-11-21(4)20(2)3/h11-12,14-15,20-21,23,26-28,30H,5,9-10,13,16-19H2,1-4,6-8H3/b12-11+,24-14+,25-15-/t21-,23+,26-,27+,28-/m0/s1. The smallest absolute Gasteiger partial charge is 0.0583 e. The molecule has 0 aliphatic heterocycles. The first-order valence-corrected chi connectivity index (χ1v) is 12.5. The molecule has 1 N–H and O–H groups in total. The van der Waals surface area contributed by atoms with Crippen molar-refractivity contribution >= 4 is 0 Å². The molecule has 0 aromatic heterocycles. The second kappa shape index (κ2) is 11.0. The molecule has 0 aromatic rings. The molecule has 0 aromatic carbocycles. The van der Waals surface area contributed by atoms with Crippen molar-refractivity contribution in [1.82, 2.24) is 0 Å². The largest absolute Gasteiger partial charge is 0.393 e. The first kappa shape index (κ1) is 25.2. The summed E-state index contributed by atoms with van der Waals surface area (Å²) in [5.74, 6) is 3.37. The number of hydrogen-bond donors (Lipinski definition) is 1. The number of aliphatic hydroxyl groups is 1. The van der Waals surface area contributed by atoms with Crippen molar-refractivity contribution < 1.29 is 5.11 Å². The van der Waals surface area contributed by atoms with E-state index >= 15 is 0 Å². The van der Waals surface area contributed by atoms with E-state index in [4.69, 9.17) is 0 Å². The van der Waals surface area contributed by atoms with E-state index in [0.717, 1.165) is 25.2 Å². The Morgan fingerprint density at radius 3 is 2.47 bits per heavy atom. The highest BCUT2D eigenvalue weighted by Crippen LogP contribution is 2.54. The molecule has 0 spiro atoms. The minimum Gasteiger partial charge on any atom is -0.393 e. The summed E-state index contributed by atoms with van der Waals surface area (Å²) in [5.41, 5.74) is 4.40. The third kappa shape index (κ3) is 6.22. The molecule has 0 saturated heterocycles. The average molecular weight is 413 g/mol. The van der Waals surface area contributed by atoms with Crippen LogP contribution < -0.4 is 0 Å². The van der Waals surface area contributed by atoms with Crippen molar-refractivity contribution in [3.8, 4) is 0 Å². The topological polar surface area (TPSA) is 20.2 Å². The van der Waals surface area contributed by atoms with Gasteiger partial charge in [0.1, 0.15) is 0 Å². The van der Waals surface area contributed by atoms with Crippen molar-refractivity contribution in [2.75, 3.05) is 0 Å². The van der Waals surface area contributed by atoms with E-state index in [1.165, 1.54) is 36.8 Å². The molecular formula is C29H48O. The molecule has 0 amide bonds. The van der Waals surface area contributed by atoms with Gasteiger partial charge in [0.25, 0.3) is 0 Å². The van der Waals surface area contributed by atoms with E-state index in [2.05, 4.69) is 79.3 Å². The minimum absolute atomic E-state index is 0.196. The summed E-state index contributed by atoms with van der Waals surface area (Å²) < 4.78 is 0. The van der Waals surface area contributed by atoms with E-state index in [1.807, 2.05) is 0 Å². The van der Waals surface area contributed by atoms with Crippen LogP contribution in [0.25, 0.3) is 0 Å². The van der Waals surface area contributed by atoms with Crippen LogP contribution in [-0.2, 0) is 0 Å². The number of rotatable bonds is 8. The predicted octanol–water partition coefficient (Wildman–Crippen LogP) is 8.28. The third-order valence-corrected chi connectivity index (χ3v) is 8.20. The summed E-state index contributed by atoms with van der Waals surface area (Å²) in [6.45, 7) is 20.9. The Hall–Kier alpha value is -1.08. The quantitative estimate of drug-likeness (QED) is 0.398. The molecule has 0 bridgehead atoms. The van der Waals surface area contributed by atoms with Crippen LogP contribution in [0.5, 0.6) is 0 Å². The van der Waals surface area contributed by atoms with Gasteiger partial charge in [-0.2, -0.15) is 0 Å². The molecule has 2 aliphatic carbocycles. The fraction of sp³-hybridized carbons (Fsp3) is 0.724. The summed E-state index contributed by atoms with van der Waals surface area (Å²) >= 11 is 0. The normalized spacial score (nSPS) is 31.1. The van der Waals surface area contributed by atoms with Crippen LogP contribution in [0.1, 0.15) is 93.4 Å². The third-order valence-electron chi connectivity index (χ3n) is 8.20. The highest BCUT2D eigenvalue weighted by molar-refractivity contribution is 5.36. The summed E-state index contributed by atoms with van der Waals surface area (Å²) in [4.78, 5) is 0.